The molecule has 0 atom stereocenters. The average molecular weight is 715 g/mol. The highest BCUT2D eigenvalue weighted by Crippen LogP contribution is 2.46. The van der Waals surface area contributed by atoms with E-state index in [1.54, 1.807) is 0 Å². The molecule has 264 valence electrons. The second-order valence-electron chi connectivity index (χ2n) is 14.1. The molecule has 1 aromatic heterocycles. The number of para-hydroxylation sites is 3. The molecule has 0 aliphatic rings. The maximum absolute atomic E-state index is 2.42. The molecule has 2 nitrogen and oxygen atoms in total. The van der Waals surface area contributed by atoms with Gasteiger partial charge >= 0.3 is 0 Å². The lowest BCUT2D eigenvalue weighted by molar-refractivity contribution is 1.17. The number of nitrogens with zero attached hydrogens (tertiary/aromatic N) is 2. The molecule has 0 aliphatic heterocycles. The Morgan fingerprint density at radius 2 is 0.750 bits per heavy atom. The van der Waals surface area contributed by atoms with E-state index in [1.807, 2.05) is 0 Å². The van der Waals surface area contributed by atoms with Crippen LogP contribution in [-0.4, -0.2) is 4.57 Å². The van der Waals surface area contributed by atoms with Gasteiger partial charge in [0.1, 0.15) is 0 Å². The Bertz CT molecular complexity index is 2910. The molecule has 0 amide bonds. The summed E-state index contributed by atoms with van der Waals surface area (Å²) in [6.45, 7) is 0. The Morgan fingerprint density at radius 3 is 1.39 bits per heavy atom. The van der Waals surface area contributed by atoms with Gasteiger partial charge in [0, 0.05) is 33.4 Å². The highest BCUT2D eigenvalue weighted by Gasteiger charge is 2.21. The molecule has 0 aliphatic carbocycles. The summed E-state index contributed by atoms with van der Waals surface area (Å²) in [6.07, 6.45) is 0. The van der Waals surface area contributed by atoms with Crippen LogP contribution in [0.2, 0.25) is 0 Å². The van der Waals surface area contributed by atoms with Gasteiger partial charge < -0.3 is 9.47 Å². The number of anilines is 3. The molecular weight excluding hydrogens is 677 g/mol. The standard InChI is InChI=1S/C54H38N2/c1-3-18-39(19-4-1)40-34-36-42(37-35-40)55(43-22-17-23-44(38-43)56-53-32-15-12-29-50(53)51-30-13-16-33-54(51)56)52-31-14-11-28-49(52)48-27-10-9-26-47(48)46-25-8-7-24-45(46)41-20-5-2-6-21-41/h1-38H. The van der Waals surface area contributed by atoms with Crippen LogP contribution in [0.4, 0.5) is 17.1 Å². The molecule has 0 saturated carbocycles. The maximum atomic E-state index is 2.42. The Balaban J connectivity index is 1.18. The van der Waals surface area contributed by atoms with Gasteiger partial charge in [-0.2, -0.15) is 0 Å². The van der Waals surface area contributed by atoms with E-state index in [4.69, 9.17) is 0 Å². The van der Waals surface area contributed by atoms with Gasteiger partial charge in [-0.25, -0.2) is 0 Å². The third-order valence-electron chi connectivity index (χ3n) is 10.8. The molecule has 10 rings (SSSR count). The van der Waals surface area contributed by atoms with Crippen LogP contribution in [-0.2, 0) is 0 Å². The molecule has 0 saturated heterocycles. The predicted molar refractivity (Wildman–Crippen MR) is 237 cm³/mol. The number of hydrogen-bond acceptors (Lipinski definition) is 1. The van der Waals surface area contributed by atoms with Crippen LogP contribution in [0.25, 0.3) is 72.0 Å². The van der Waals surface area contributed by atoms with E-state index in [0.717, 1.165) is 28.3 Å². The number of rotatable bonds is 8. The van der Waals surface area contributed by atoms with Gasteiger partial charge in [0.25, 0.3) is 0 Å². The SMILES string of the molecule is c1ccc(-c2ccc(N(c3cccc(-n4c5ccccc5c5ccccc54)c3)c3ccccc3-c3ccccc3-c3ccccc3-c3ccccc3)cc2)cc1. The molecule has 56 heavy (non-hydrogen) atoms. The first-order valence-electron chi connectivity index (χ1n) is 19.2. The van der Waals surface area contributed by atoms with Crippen molar-refractivity contribution in [2.24, 2.45) is 0 Å². The molecule has 2 heteroatoms. The summed E-state index contributed by atoms with van der Waals surface area (Å²) in [6, 6.07) is 83.1. The molecule has 0 unspecified atom stereocenters. The van der Waals surface area contributed by atoms with E-state index in [-0.39, 0.29) is 0 Å². The van der Waals surface area contributed by atoms with Crippen molar-refractivity contribution < 1.29 is 0 Å². The Hall–Kier alpha value is -7.42. The minimum atomic E-state index is 1.08. The summed E-state index contributed by atoms with van der Waals surface area (Å²) in [5.41, 5.74) is 16.3. The van der Waals surface area contributed by atoms with Crippen LogP contribution in [0.15, 0.2) is 231 Å². The minimum Gasteiger partial charge on any atom is -0.310 e. The van der Waals surface area contributed by atoms with Gasteiger partial charge in [-0.15, -0.1) is 0 Å². The molecule has 0 fully saturated rings. The third-order valence-corrected chi connectivity index (χ3v) is 10.8. The van der Waals surface area contributed by atoms with Crippen molar-refractivity contribution in [1.82, 2.24) is 4.57 Å². The topological polar surface area (TPSA) is 8.17 Å². The third kappa shape index (κ3) is 5.95. The Kier molecular flexibility index (Phi) is 8.55. The summed E-state index contributed by atoms with van der Waals surface area (Å²) in [5, 5.41) is 2.50. The van der Waals surface area contributed by atoms with Crippen molar-refractivity contribution in [1.29, 1.82) is 0 Å². The Labute approximate surface area is 327 Å². The number of benzene rings is 9. The fourth-order valence-electron chi connectivity index (χ4n) is 8.27. The minimum absolute atomic E-state index is 1.08. The van der Waals surface area contributed by atoms with E-state index in [0.29, 0.717) is 0 Å². The maximum Gasteiger partial charge on any atom is 0.0541 e. The van der Waals surface area contributed by atoms with E-state index in [2.05, 4.69) is 240 Å². The lowest BCUT2D eigenvalue weighted by Crippen LogP contribution is -2.12. The second kappa shape index (κ2) is 14.4. The number of fused-ring (bicyclic) bond motifs is 3. The number of hydrogen-bond donors (Lipinski definition) is 0. The lowest BCUT2D eigenvalue weighted by Gasteiger charge is -2.29. The van der Waals surface area contributed by atoms with E-state index < -0.39 is 0 Å². The summed E-state index contributed by atoms with van der Waals surface area (Å²) >= 11 is 0. The summed E-state index contributed by atoms with van der Waals surface area (Å²) in [5.74, 6) is 0. The first-order chi connectivity index (χ1) is 27.8. The van der Waals surface area contributed by atoms with Crippen LogP contribution < -0.4 is 4.90 Å². The smallest absolute Gasteiger partial charge is 0.0541 e. The monoisotopic (exact) mass is 714 g/mol. The van der Waals surface area contributed by atoms with E-state index in [1.165, 1.54) is 60.8 Å². The van der Waals surface area contributed by atoms with Gasteiger partial charge in [0.15, 0.2) is 0 Å². The normalized spacial score (nSPS) is 11.2. The zero-order valence-electron chi connectivity index (χ0n) is 30.8. The van der Waals surface area contributed by atoms with Crippen LogP contribution >= 0.6 is 0 Å². The van der Waals surface area contributed by atoms with Gasteiger partial charge in [-0.3, -0.25) is 0 Å². The molecule has 9 aromatic carbocycles. The molecule has 10 aromatic rings. The molecule has 0 radical (unpaired) electrons. The largest absolute Gasteiger partial charge is 0.310 e. The molecule has 0 bridgehead atoms. The van der Waals surface area contributed by atoms with Crippen molar-refractivity contribution in [3.8, 4) is 50.2 Å². The quantitative estimate of drug-likeness (QED) is 0.152. The molecule has 0 N–H and O–H groups in total. The molecule has 0 spiro atoms. The zero-order chi connectivity index (χ0) is 37.3. The second-order valence-corrected chi connectivity index (χ2v) is 14.1. The fourth-order valence-corrected chi connectivity index (χ4v) is 8.27. The highest BCUT2D eigenvalue weighted by atomic mass is 15.1. The van der Waals surface area contributed by atoms with E-state index in [9.17, 15) is 0 Å². The van der Waals surface area contributed by atoms with Crippen molar-refractivity contribution in [3.63, 3.8) is 0 Å². The highest BCUT2D eigenvalue weighted by molar-refractivity contribution is 6.09. The van der Waals surface area contributed by atoms with Crippen LogP contribution in [0, 0.1) is 0 Å². The molecular formula is C54H38N2. The van der Waals surface area contributed by atoms with Crippen LogP contribution in [0.3, 0.4) is 0 Å². The van der Waals surface area contributed by atoms with Gasteiger partial charge in [-0.05, 0) is 87.5 Å². The van der Waals surface area contributed by atoms with Crippen LogP contribution in [0.5, 0.6) is 0 Å². The summed E-state index contributed by atoms with van der Waals surface area (Å²) < 4.78 is 2.40. The molecule has 1 heterocycles. The fraction of sp³-hybridized carbons (Fsp3) is 0. The van der Waals surface area contributed by atoms with Gasteiger partial charge in [0.2, 0.25) is 0 Å². The lowest BCUT2D eigenvalue weighted by atomic mass is 9.88. The van der Waals surface area contributed by atoms with Crippen molar-refractivity contribution in [2.75, 3.05) is 4.90 Å². The number of aromatic nitrogens is 1. The van der Waals surface area contributed by atoms with Crippen LogP contribution in [0.1, 0.15) is 0 Å². The van der Waals surface area contributed by atoms with E-state index >= 15 is 0 Å². The van der Waals surface area contributed by atoms with Crippen molar-refractivity contribution >= 4 is 38.9 Å². The summed E-state index contributed by atoms with van der Waals surface area (Å²) in [4.78, 5) is 2.42. The van der Waals surface area contributed by atoms with Crippen molar-refractivity contribution in [2.45, 2.75) is 0 Å². The first kappa shape index (κ1) is 33.2. The van der Waals surface area contributed by atoms with Crippen molar-refractivity contribution in [3.05, 3.63) is 231 Å². The first-order valence-corrected chi connectivity index (χ1v) is 19.2. The van der Waals surface area contributed by atoms with Gasteiger partial charge in [0.05, 0.1) is 16.7 Å². The predicted octanol–water partition coefficient (Wildman–Crippen LogP) is 14.9. The summed E-state index contributed by atoms with van der Waals surface area (Å²) in [7, 11) is 0. The average Bonchev–Trinajstić information content (AvgIpc) is 3.62. The van der Waals surface area contributed by atoms with Gasteiger partial charge in [-0.1, -0.05) is 182 Å². The zero-order valence-corrected chi connectivity index (χ0v) is 30.8. The Morgan fingerprint density at radius 1 is 0.286 bits per heavy atom.